The van der Waals surface area contributed by atoms with Crippen LogP contribution in [0.15, 0.2) is 158 Å². The Hall–Kier alpha value is -5.80. The molecule has 0 aliphatic rings. The Bertz CT molecular complexity index is 2390. The zero-order valence-corrected chi connectivity index (χ0v) is 25.6. The summed E-state index contributed by atoms with van der Waals surface area (Å²) in [6, 6.07) is 55.4. The Labute approximate surface area is 270 Å². The van der Waals surface area contributed by atoms with Crippen molar-refractivity contribution in [2.75, 3.05) is 10.6 Å². The van der Waals surface area contributed by atoms with Crippen molar-refractivity contribution in [2.24, 2.45) is 0 Å². The normalized spacial score (nSPS) is 11.2. The van der Waals surface area contributed by atoms with Crippen molar-refractivity contribution >= 4 is 68.4 Å². The van der Waals surface area contributed by atoms with Crippen molar-refractivity contribution in [3.63, 3.8) is 0 Å². The summed E-state index contributed by atoms with van der Waals surface area (Å²) >= 11 is 0. The SMILES string of the molecule is [B]c1c2ccccc2c(-c2ccc(C)c3ccccc23)c2cccc(-c3ccccc3Nc3ccccc3Nc3ccccc3)c12. The van der Waals surface area contributed by atoms with Crippen molar-refractivity contribution in [3.8, 4) is 22.3 Å². The molecule has 8 aromatic carbocycles. The molecule has 0 saturated heterocycles. The quantitative estimate of drug-likeness (QED) is 0.150. The van der Waals surface area contributed by atoms with Gasteiger partial charge in [0, 0.05) is 16.9 Å². The Morgan fingerprint density at radius 3 is 1.74 bits per heavy atom. The van der Waals surface area contributed by atoms with E-state index < -0.39 is 0 Å². The molecular weight excluding hydrogens is 555 g/mol. The smallest absolute Gasteiger partial charge is 0.115 e. The molecule has 0 aliphatic heterocycles. The summed E-state index contributed by atoms with van der Waals surface area (Å²) in [7, 11) is 7.16. The van der Waals surface area contributed by atoms with E-state index in [1.165, 1.54) is 27.5 Å². The number of anilines is 4. The minimum atomic E-state index is 0.794. The van der Waals surface area contributed by atoms with Crippen LogP contribution in [0.2, 0.25) is 0 Å². The van der Waals surface area contributed by atoms with Crippen molar-refractivity contribution in [3.05, 3.63) is 163 Å². The van der Waals surface area contributed by atoms with E-state index in [2.05, 4.69) is 157 Å². The number of para-hydroxylation sites is 4. The van der Waals surface area contributed by atoms with Gasteiger partial charge in [-0.3, -0.25) is 0 Å². The molecule has 8 rings (SSSR count). The van der Waals surface area contributed by atoms with Crippen LogP contribution in [0.5, 0.6) is 0 Å². The molecule has 2 nitrogen and oxygen atoms in total. The van der Waals surface area contributed by atoms with Gasteiger partial charge in [0.05, 0.1) is 11.4 Å². The fraction of sp³-hybridized carbons (Fsp3) is 0.0233. The van der Waals surface area contributed by atoms with E-state index in [0.717, 1.165) is 60.9 Å². The number of aryl methyl sites for hydroxylation is 1. The molecule has 0 heterocycles. The molecule has 0 bridgehead atoms. The second kappa shape index (κ2) is 11.6. The molecule has 0 aromatic heterocycles. The van der Waals surface area contributed by atoms with Gasteiger partial charge >= 0.3 is 0 Å². The number of nitrogens with one attached hydrogen (secondary N) is 2. The van der Waals surface area contributed by atoms with Crippen LogP contribution in [0.1, 0.15) is 5.56 Å². The van der Waals surface area contributed by atoms with E-state index in [-0.39, 0.29) is 0 Å². The summed E-state index contributed by atoms with van der Waals surface area (Å²) in [5.74, 6) is 0. The van der Waals surface area contributed by atoms with Crippen molar-refractivity contribution < 1.29 is 0 Å². The van der Waals surface area contributed by atoms with E-state index >= 15 is 0 Å². The van der Waals surface area contributed by atoms with Gasteiger partial charge in [-0.2, -0.15) is 0 Å². The molecule has 3 heteroatoms. The van der Waals surface area contributed by atoms with Crippen LogP contribution < -0.4 is 16.1 Å². The van der Waals surface area contributed by atoms with Crippen molar-refractivity contribution in [2.45, 2.75) is 6.92 Å². The summed E-state index contributed by atoms with van der Waals surface area (Å²) in [6.45, 7) is 2.18. The highest BCUT2D eigenvalue weighted by molar-refractivity contribution is 6.48. The molecule has 0 atom stereocenters. The van der Waals surface area contributed by atoms with E-state index in [1.54, 1.807) is 0 Å². The lowest BCUT2D eigenvalue weighted by Gasteiger charge is -2.21. The average molecular weight is 587 g/mol. The summed E-state index contributed by atoms with van der Waals surface area (Å²) < 4.78 is 0. The van der Waals surface area contributed by atoms with Crippen LogP contribution in [0.25, 0.3) is 54.6 Å². The van der Waals surface area contributed by atoms with Gasteiger partial charge in [0.25, 0.3) is 0 Å². The Kier molecular flexibility index (Phi) is 7.00. The molecule has 0 unspecified atom stereocenters. The summed E-state index contributed by atoms with van der Waals surface area (Å²) in [6.07, 6.45) is 0. The van der Waals surface area contributed by atoms with Gasteiger partial charge in [-0.05, 0) is 91.8 Å². The Morgan fingerprint density at radius 1 is 0.391 bits per heavy atom. The minimum Gasteiger partial charge on any atom is -0.354 e. The lowest BCUT2D eigenvalue weighted by atomic mass is 9.78. The first-order valence-electron chi connectivity index (χ1n) is 15.7. The highest BCUT2D eigenvalue weighted by Crippen LogP contribution is 2.43. The van der Waals surface area contributed by atoms with Crippen LogP contribution in [0.3, 0.4) is 0 Å². The Morgan fingerprint density at radius 2 is 0.957 bits per heavy atom. The van der Waals surface area contributed by atoms with Crippen LogP contribution >= 0.6 is 0 Å². The van der Waals surface area contributed by atoms with Gasteiger partial charge in [-0.1, -0.05) is 133 Å². The van der Waals surface area contributed by atoms with Gasteiger partial charge < -0.3 is 10.6 Å². The van der Waals surface area contributed by atoms with E-state index in [4.69, 9.17) is 7.85 Å². The lowest BCUT2D eigenvalue weighted by Crippen LogP contribution is -2.09. The van der Waals surface area contributed by atoms with Crippen LogP contribution in [-0.2, 0) is 0 Å². The van der Waals surface area contributed by atoms with Crippen LogP contribution in [-0.4, -0.2) is 7.85 Å². The summed E-state index contributed by atoms with van der Waals surface area (Å²) in [5, 5.41) is 14.3. The third-order valence-corrected chi connectivity index (χ3v) is 8.97. The van der Waals surface area contributed by atoms with Gasteiger partial charge in [-0.25, -0.2) is 0 Å². The second-order valence-electron chi connectivity index (χ2n) is 11.7. The first kappa shape index (κ1) is 27.7. The van der Waals surface area contributed by atoms with Gasteiger partial charge in [-0.15, -0.1) is 0 Å². The fourth-order valence-electron chi connectivity index (χ4n) is 6.80. The second-order valence-corrected chi connectivity index (χ2v) is 11.7. The third-order valence-electron chi connectivity index (χ3n) is 8.97. The van der Waals surface area contributed by atoms with Gasteiger partial charge in [0.15, 0.2) is 0 Å². The Balaban J connectivity index is 1.35. The lowest BCUT2D eigenvalue weighted by molar-refractivity contribution is 1.50. The molecular formula is C43H31BN2. The monoisotopic (exact) mass is 586 g/mol. The molecule has 216 valence electrons. The highest BCUT2D eigenvalue weighted by atomic mass is 15.0. The molecule has 0 amide bonds. The van der Waals surface area contributed by atoms with Gasteiger partial charge in [0.1, 0.15) is 7.85 Å². The first-order chi connectivity index (χ1) is 22.7. The molecule has 8 aromatic rings. The predicted molar refractivity (Wildman–Crippen MR) is 199 cm³/mol. The van der Waals surface area contributed by atoms with Gasteiger partial charge in [0.2, 0.25) is 0 Å². The molecule has 0 saturated carbocycles. The zero-order valence-electron chi connectivity index (χ0n) is 25.6. The molecule has 0 fully saturated rings. The average Bonchev–Trinajstić information content (AvgIpc) is 3.11. The number of hydrogen-bond donors (Lipinski definition) is 2. The molecule has 0 spiro atoms. The molecule has 2 N–H and O–H groups in total. The topological polar surface area (TPSA) is 24.1 Å². The van der Waals surface area contributed by atoms with E-state index in [9.17, 15) is 0 Å². The summed E-state index contributed by atoms with van der Waals surface area (Å²) in [5.41, 5.74) is 10.7. The number of benzene rings is 8. The number of fused-ring (bicyclic) bond motifs is 3. The van der Waals surface area contributed by atoms with E-state index in [0.29, 0.717) is 0 Å². The maximum Gasteiger partial charge on any atom is 0.115 e. The largest absolute Gasteiger partial charge is 0.354 e. The number of rotatable bonds is 6. The molecule has 0 aliphatic carbocycles. The maximum atomic E-state index is 7.16. The molecule has 2 radical (unpaired) electrons. The predicted octanol–water partition coefficient (Wildman–Crippen LogP) is 11.1. The van der Waals surface area contributed by atoms with E-state index in [1.807, 2.05) is 18.2 Å². The van der Waals surface area contributed by atoms with Crippen LogP contribution in [0.4, 0.5) is 22.7 Å². The maximum absolute atomic E-state index is 7.16. The zero-order chi connectivity index (χ0) is 31.0. The fourth-order valence-corrected chi connectivity index (χ4v) is 6.80. The van der Waals surface area contributed by atoms with Crippen molar-refractivity contribution in [1.29, 1.82) is 0 Å². The van der Waals surface area contributed by atoms with Crippen molar-refractivity contribution in [1.82, 2.24) is 0 Å². The summed E-state index contributed by atoms with van der Waals surface area (Å²) in [4.78, 5) is 0. The molecule has 46 heavy (non-hydrogen) atoms. The highest BCUT2D eigenvalue weighted by Gasteiger charge is 2.19. The first-order valence-corrected chi connectivity index (χ1v) is 15.7. The standard InChI is InChI=1S/C43H31BN2/c1-28-26-27-35(31-17-6-5-16-30(28)31)41-34-19-7-8-20-36(34)43(44)42-33(21-13-22-37(41)42)32-18-9-10-23-38(32)46-40-25-12-11-24-39(40)45-29-14-3-2-4-15-29/h2-27,45-46H,1H3. The third kappa shape index (κ3) is 4.78. The van der Waals surface area contributed by atoms with Crippen LogP contribution in [0, 0.1) is 6.92 Å². The minimum absolute atomic E-state index is 0.794. The number of hydrogen-bond acceptors (Lipinski definition) is 2.